The minimum Gasteiger partial charge on any atom is -0.468 e. The highest BCUT2D eigenvalue weighted by molar-refractivity contribution is 5.81. The molecular weight excluding hydrogens is 158 g/mol. The van der Waals surface area contributed by atoms with Gasteiger partial charge in [0.1, 0.15) is 5.54 Å². The Morgan fingerprint density at radius 1 is 1.67 bits per heavy atom. The molecule has 0 amide bonds. The first-order valence-corrected chi connectivity index (χ1v) is 4.19. The fourth-order valence-electron chi connectivity index (χ4n) is 1.47. The third kappa shape index (κ3) is 1.59. The van der Waals surface area contributed by atoms with Gasteiger partial charge in [-0.25, -0.2) is 0 Å². The Morgan fingerprint density at radius 2 is 2.33 bits per heavy atom. The molecule has 1 aliphatic carbocycles. The van der Waals surface area contributed by atoms with Gasteiger partial charge in [-0.3, -0.25) is 10.1 Å². The number of β-amino-alcohol motifs (C(OH)–C–C–N with tert-alkyl or cyclic N) is 1. The van der Waals surface area contributed by atoms with Crippen LogP contribution in [-0.2, 0) is 9.53 Å². The molecule has 0 saturated heterocycles. The minimum atomic E-state index is -0.489. The van der Waals surface area contributed by atoms with E-state index < -0.39 is 5.54 Å². The molecule has 70 valence electrons. The number of methoxy groups -OCH3 is 1. The van der Waals surface area contributed by atoms with Crippen LogP contribution in [0.4, 0.5) is 0 Å². The van der Waals surface area contributed by atoms with Crippen molar-refractivity contribution in [3.8, 4) is 0 Å². The molecule has 0 aromatic rings. The van der Waals surface area contributed by atoms with Crippen LogP contribution in [0.3, 0.4) is 0 Å². The molecule has 1 rings (SSSR count). The van der Waals surface area contributed by atoms with E-state index in [0.717, 1.165) is 19.3 Å². The number of ether oxygens (including phenoxy) is 1. The summed E-state index contributed by atoms with van der Waals surface area (Å²) in [7, 11) is 1.39. The van der Waals surface area contributed by atoms with Crippen LogP contribution in [0.1, 0.15) is 19.3 Å². The summed E-state index contributed by atoms with van der Waals surface area (Å²) < 4.78 is 4.67. The van der Waals surface area contributed by atoms with E-state index in [4.69, 9.17) is 5.11 Å². The van der Waals surface area contributed by atoms with Crippen molar-refractivity contribution in [2.75, 3.05) is 20.3 Å². The van der Waals surface area contributed by atoms with Crippen LogP contribution < -0.4 is 5.32 Å². The smallest absolute Gasteiger partial charge is 0.326 e. The Balaban J connectivity index is 2.44. The number of carbonyl (C=O) groups excluding carboxylic acids is 1. The van der Waals surface area contributed by atoms with Gasteiger partial charge in [-0.2, -0.15) is 0 Å². The van der Waals surface area contributed by atoms with Gasteiger partial charge >= 0.3 is 5.97 Å². The van der Waals surface area contributed by atoms with E-state index in [2.05, 4.69) is 10.1 Å². The first-order chi connectivity index (χ1) is 5.75. The molecule has 0 unspecified atom stereocenters. The lowest BCUT2D eigenvalue weighted by Crippen LogP contribution is -2.58. The highest BCUT2D eigenvalue weighted by atomic mass is 16.5. The monoisotopic (exact) mass is 173 g/mol. The van der Waals surface area contributed by atoms with Gasteiger partial charge in [-0.1, -0.05) is 0 Å². The van der Waals surface area contributed by atoms with Gasteiger partial charge in [0.2, 0.25) is 0 Å². The lowest BCUT2D eigenvalue weighted by Gasteiger charge is -2.39. The Hall–Kier alpha value is -0.610. The van der Waals surface area contributed by atoms with Crippen molar-refractivity contribution in [1.82, 2.24) is 5.32 Å². The molecule has 0 aromatic heterocycles. The molecule has 1 fully saturated rings. The lowest BCUT2D eigenvalue weighted by molar-refractivity contribution is -0.152. The molecule has 0 aliphatic heterocycles. The molecule has 0 heterocycles. The van der Waals surface area contributed by atoms with Gasteiger partial charge < -0.3 is 9.84 Å². The van der Waals surface area contributed by atoms with E-state index in [1.54, 1.807) is 0 Å². The average molecular weight is 173 g/mol. The van der Waals surface area contributed by atoms with Gasteiger partial charge in [-0.15, -0.1) is 0 Å². The summed E-state index contributed by atoms with van der Waals surface area (Å²) in [6, 6.07) is 0. The second kappa shape index (κ2) is 3.87. The molecule has 4 heteroatoms. The molecule has 12 heavy (non-hydrogen) atoms. The number of hydrogen-bond donors (Lipinski definition) is 2. The van der Waals surface area contributed by atoms with E-state index in [1.165, 1.54) is 7.11 Å². The minimum absolute atomic E-state index is 0.0543. The number of aliphatic hydroxyl groups excluding tert-OH is 1. The molecule has 1 aliphatic rings. The van der Waals surface area contributed by atoms with Gasteiger partial charge in [0.15, 0.2) is 0 Å². The zero-order valence-electron chi connectivity index (χ0n) is 7.30. The maximum Gasteiger partial charge on any atom is 0.326 e. The van der Waals surface area contributed by atoms with Gasteiger partial charge in [0.25, 0.3) is 0 Å². The fourth-order valence-corrected chi connectivity index (χ4v) is 1.47. The molecule has 1 saturated carbocycles. The predicted molar refractivity (Wildman–Crippen MR) is 43.7 cm³/mol. The summed E-state index contributed by atoms with van der Waals surface area (Å²) >= 11 is 0. The summed E-state index contributed by atoms with van der Waals surface area (Å²) in [4.78, 5) is 11.3. The molecule has 4 nitrogen and oxygen atoms in total. The molecular formula is C8H15NO3. The molecule has 0 radical (unpaired) electrons. The van der Waals surface area contributed by atoms with Gasteiger partial charge in [0.05, 0.1) is 13.7 Å². The van der Waals surface area contributed by atoms with Gasteiger partial charge in [-0.05, 0) is 19.3 Å². The summed E-state index contributed by atoms with van der Waals surface area (Å²) in [5.41, 5.74) is -0.489. The SMILES string of the molecule is COC(=O)C1(NCCO)CCC1. The number of nitrogens with one attached hydrogen (secondary N) is 1. The quantitative estimate of drug-likeness (QED) is 0.571. The van der Waals surface area contributed by atoms with Crippen LogP contribution in [-0.4, -0.2) is 36.9 Å². The Labute approximate surface area is 71.9 Å². The van der Waals surface area contributed by atoms with E-state index in [-0.39, 0.29) is 12.6 Å². The normalized spacial score (nSPS) is 19.8. The van der Waals surface area contributed by atoms with Crippen LogP contribution in [0.5, 0.6) is 0 Å². The average Bonchev–Trinajstić information content (AvgIpc) is 2.02. The molecule has 0 spiro atoms. The van der Waals surface area contributed by atoms with Crippen molar-refractivity contribution >= 4 is 5.97 Å². The molecule has 2 N–H and O–H groups in total. The third-order valence-corrected chi connectivity index (χ3v) is 2.36. The van der Waals surface area contributed by atoms with Crippen LogP contribution in [0.2, 0.25) is 0 Å². The number of hydrogen-bond acceptors (Lipinski definition) is 4. The maximum atomic E-state index is 11.3. The van der Waals surface area contributed by atoms with Crippen molar-refractivity contribution < 1.29 is 14.6 Å². The molecule has 0 aromatic carbocycles. The summed E-state index contributed by atoms with van der Waals surface area (Å²) in [5, 5.41) is 11.6. The van der Waals surface area contributed by atoms with E-state index in [1.807, 2.05) is 0 Å². The maximum absolute atomic E-state index is 11.3. The zero-order chi connectivity index (χ0) is 9.03. The summed E-state index contributed by atoms with van der Waals surface area (Å²) in [5.74, 6) is -0.206. The summed E-state index contributed by atoms with van der Waals surface area (Å²) in [6.07, 6.45) is 2.69. The Morgan fingerprint density at radius 3 is 2.67 bits per heavy atom. The number of aliphatic hydroxyl groups is 1. The van der Waals surface area contributed by atoms with Crippen molar-refractivity contribution in [2.45, 2.75) is 24.8 Å². The molecule has 0 atom stereocenters. The van der Waals surface area contributed by atoms with Crippen LogP contribution in [0.25, 0.3) is 0 Å². The van der Waals surface area contributed by atoms with Crippen molar-refractivity contribution in [1.29, 1.82) is 0 Å². The first-order valence-electron chi connectivity index (χ1n) is 4.19. The van der Waals surface area contributed by atoms with Crippen LogP contribution >= 0.6 is 0 Å². The fraction of sp³-hybridized carbons (Fsp3) is 0.875. The van der Waals surface area contributed by atoms with Crippen LogP contribution in [0, 0.1) is 0 Å². The Bertz CT molecular complexity index is 166. The van der Waals surface area contributed by atoms with Crippen molar-refractivity contribution in [3.05, 3.63) is 0 Å². The summed E-state index contributed by atoms with van der Waals surface area (Å²) in [6.45, 7) is 0.508. The number of esters is 1. The van der Waals surface area contributed by atoms with E-state index in [0.29, 0.717) is 6.54 Å². The number of carbonyl (C=O) groups is 1. The standard InChI is InChI=1S/C8H15NO3/c1-12-7(11)8(3-2-4-8)9-5-6-10/h9-10H,2-6H2,1H3. The van der Waals surface area contributed by atoms with Crippen LogP contribution in [0.15, 0.2) is 0 Å². The van der Waals surface area contributed by atoms with E-state index >= 15 is 0 Å². The zero-order valence-corrected chi connectivity index (χ0v) is 7.30. The largest absolute Gasteiger partial charge is 0.468 e. The van der Waals surface area contributed by atoms with Gasteiger partial charge in [0, 0.05) is 6.54 Å². The second-order valence-corrected chi connectivity index (χ2v) is 3.08. The van der Waals surface area contributed by atoms with E-state index in [9.17, 15) is 4.79 Å². The highest BCUT2D eigenvalue weighted by Gasteiger charge is 2.44. The van der Waals surface area contributed by atoms with Crippen molar-refractivity contribution in [3.63, 3.8) is 0 Å². The number of rotatable bonds is 4. The predicted octanol–water partition coefficient (Wildman–Crippen LogP) is -0.336. The highest BCUT2D eigenvalue weighted by Crippen LogP contribution is 2.32. The molecule has 0 bridgehead atoms. The second-order valence-electron chi connectivity index (χ2n) is 3.08. The Kier molecular flexibility index (Phi) is 3.05. The van der Waals surface area contributed by atoms with Crippen molar-refractivity contribution in [2.24, 2.45) is 0 Å². The first kappa shape index (κ1) is 9.48. The third-order valence-electron chi connectivity index (χ3n) is 2.36. The topological polar surface area (TPSA) is 58.6 Å². The lowest BCUT2D eigenvalue weighted by atomic mass is 9.77.